The molecule has 120 valence electrons. The molecule has 21 heavy (non-hydrogen) atoms. The Morgan fingerprint density at radius 1 is 1.19 bits per heavy atom. The first-order chi connectivity index (χ1) is 9.26. The molecule has 0 saturated carbocycles. The lowest BCUT2D eigenvalue weighted by atomic mass is 10.3. The predicted molar refractivity (Wildman–Crippen MR) is 69.7 cm³/mol. The van der Waals surface area contributed by atoms with E-state index < -0.39 is 44.2 Å². The largest absolute Gasteiger partial charge is 0.314 e. The predicted octanol–water partition coefficient (Wildman–Crippen LogP) is 1.65. The van der Waals surface area contributed by atoms with Gasteiger partial charge in [0.1, 0.15) is 0 Å². The first kappa shape index (κ1) is 18.1. The summed E-state index contributed by atoms with van der Waals surface area (Å²) in [6, 6.07) is -0.607. The minimum atomic E-state index is -4.65. The molecule has 1 aromatic rings. The Morgan fingerprint density at radius 3 is 2.19 bits per heavy atom. The van der Waals surface area contributed by atoms with Crippen LogP contribution in [0.1, 0.15) is 6.92 Å². The SMILES string of the molecule is C[C@H]1CNCCN1S(=O)(=O)c1c(F)c(F)cc(F)c1F.Cl. The van der Waals surface area contributed by atoms with Gasteiger partial charge in [-0.3, -0.25) is 0 Å². The Balaban J connectivity index is 0.00000220. The molecule has 1 heterocycles. The molecule has 0 bridgehead atoms. The summed E-state index contributed by atoms with van der Waals surface area (Å²) in [6.45, 7) is 2.04. The average Bonchev–Trinajstić information content (AvgIpc) is 2.36. The summed E-state index contributed by atoms with van der Waals surface area (Å²) in [5, 5.41) is 2.90. The second-order valence-electron chi connectivity index (χ2n) is 4.47. The third-order valence-electron chi connectivity index (χ3n) is 3.08. The molecule has 1 aliphatic rings. The van der Waals surface area contributed by atoms with Crippen LogP contribution in [0.25, 0.3) is 0 Å². The van der Waals surface area contributed by atoms with Crippen molar-refractivity contribution >= 4 is 22.4 Å². The van der Waals surface area contributed by atoms with Crippen LogP contribution in [0.2, 0.25) is 0 Å². The molecular formula is C11H13ClF4N2O2S. The van der Waals surface area contributed by atoms with Gasteiger partial charge in [0.15, 0.2) is 28.2 Å². The first-order valence-corrected chi connectivity index (χ1v) is 7.26. The number of sulfonamides is 1. The van der Waals surface area contributed by atoms with Crippen LogP contribution in [-0.4, -0.2) is 38.4 Å². The van der Waals surface area contributed by atoms with E-state index >= 15 is 0 Å². The van der Waals surface area contributed by atoms with Gasteiger partial charge in [-0.2, -0.15) is 4.31 Å². The van der Waals surface area contributed by atoms with E-state index in [1.165, 1.54) is 6.92 Å². The molecule has 1 saturated heterocycles. The Bertz CT molecular complexity index is 615. The fourth-order valence-corrected chi connectivity index (χ4v) is 3.84. The van der Waals surface area contributed by atoms with Crippen LogP contribution in [0.5, 0.6) is 0 Å². The van der Waals surface area contributed by atoms with Crippen LogP contribution in [0, 0.1) is 23.3 Å². The molecule has 1 atom stereocenters. The molecule has 2 rings (SSSR count). The zero-order chi connectivity index (χ0) is 15.1. The topological polar surface area (TPSA) is 49.4 Å². The number of nitrogens with one attached hydrogen (secondary N) is 1. The smallest absolute Gasteiger partial charge is 0.249 e. The maximum Gasteiger partial charge on any atom is 0.249 e. The molecule has 4 nitrogen and oxygen atoms in total. The molecule has 0 aromatic heterocycles. The minimum absolute atomic E-state index is 0. The van der Waals surface area contributed by atoms with E-state index in [0.29, 0.717) is 0 Å². The third kappa shape index (κ3) is 3.15. The molecule has 0 spiro atoms. The Hall–Kier alpha value is -0.900. The fourth-order valence-electron chi connectivity index (χ4n) is 2.07. The van der Waals surface area contributed by atoms with Gasteiger partial charge in [-0.1, -0.05) is 0 Å². The minimum Gasteiger partial charge on any atom is -0.314 e. The van der Waals surface area contributed by atoms with Crippen molar-refractivity contribution in [2.45, 2.75) is 17.9 Å². The zero-order valence-corrected chi connectivity index (χ0v) is 12.5. The van der Waals surface area contributed by atoms with Crippen molar-refractivity contribution in [2.24, 2.45) is 0 Å². The molecule has 10 heteroatoms. The first-order valence-electron chi connectivity index (χ1n) is 5.82. The van der Waals surface area contributed by atoms with Crippen LogP contribution in [0.15, 0.2) is 11.0 Å². The van der Waals surface area contributed by atoms with Crippen LogP contribution >= 0.6 is 12.4 Å². The summed E-state index contributed by atoms with van der Waals surface area (Å²) in [4.78, 5) is -1.58. The molecule has 1 N–H and O–H groups in total. The van der Waals surface area contributed by atoms with E-state index in [0.717, 1.165) is 4.31 Å². The van der Waals surface area contributed by atoms with Gasteiger partial charge in [-0.05, 0) is 6.92 Å². The van der Waals surface area contributed by atoms with Gasteiger partial charge < -0.3 is 5.32 Å². The summed E-state index contributed by atoms with van der Waals surface area (Å²) in [7, 11) is -4.65. The normalized spacial score (nSPS) is 20.1. The molecule has 1 aliphatic heterocycles. The van der Waals surface area contributed by atoms with E-state index in [-0.39, 0.29) is 38.1 Å². The van der Waals surface area contributed by atoms with Gasteiger partial charge in [-0.15, -0.1) is 12.4 Å². The Labute approximate surface area is 125 Å². The molecule has 0 unspecified atom stereocenters. The highest BCUT2D eigenvalue weighted by atomic mass is 35.5. The molecule has 0 aliphatic carbocycles. The lowest BCUT2D eigenvalue weighted by Crippen LogP contribution is -2.52. The maximum absolute atomic E-state index is 13.6. The number of nitrogens with zero attached hydrogens (tertiary/aromatic N) is 1. The van der Waals surface area contributed by atoms with Crippen molar-refractivity contribution < 1.29 is 26.0 Å². The van der Waals surface area contributed by atoms with Gasteiger partial charge in [0.05, 0.1) is 0 Å². The number of halogens is 5. The molecular weight excluding hydrogens is 336 g/mol. The van der Waals surface area contributed by atoms with Crippen molar-refractivity contribution in [1.82, 2.24) is 9.62 Å². The summed E-state index contributed by atoms with van der Waals surface area (Å²) >= 11 is 0. The fraction of sp³-hybridized carbons (Fsp3) is 0.455. The molecule has 0 amide bonds. The average molecular weight is 349 g/mol. The van der Waals surface area contributed by atoms with Crippen LogP contribution in [0.3, 0.4) is 0 Å². The van der Waals surface area contributed by atoms with Gasteiger partial charge in [0.2, 0.25) is 10.0 Å². The Kier molecular flexibility index (Phi) is 5.59. The standard InChI is InChI=1S/C11H12F4N2O2S.ClH/c1-6-5-16-2-3-17(6)20(18,19)11-9(14)7(12)4-8(13)10(11)15;/h4,6,16H,2-3,5H2,1H3;1H/t6-;/m0./s1. The monoisotopic (exact) mass is 348 g/mol. The van der Waals surface area contributed by atoms with E-state index in [9.17, 15) is 26.0 Å². The van der Waals surface area contributed by atoms with Crippen LogP contribution in [-0.2, 0) is 10.0 Å². The van der Waals surface area contributed by atoms with E-state index in [4.69, 9.17) is 0 Å². The second kappa shape index (κ2) is 6.47. The van der Waals surface area contributed by atoms with E-state index in [2.05, 4.69) is 5.32 Å². The highest BCUT2D eigenvalue weighted by molar-refractivity contribution is 7.89. The summed E-state index contributed by atoms with van der Waals surface area (Å²) in [6.07, 6.45) is 0. The maximum atomic E-state index is 13.6. The third-order valence-corrected chi connectivity index (χ3v) is 5.11. The van der Waals surface area contributed by atoms with Gasteiger partial charge in [0, 0.05) is 31.7 Å². The van der Waals surface area contributed by atoms with E-state index in [1.54, 1.807) is 0 Å². The Morgan fingerprint density at radius 2 is 1.71 bits per heavy atom. The number of benzene rings is 1. The van der Waals surface area contributed by atoms with Gasteiger partial charge >= 0.3 is 0 Å². The van der Waals surface area contributed by atoms with Gasteiger partial charge in [-0.25, -0.2) is 26.0 Å². The highest BCUT2D eigenvalue weighted by Crippen LogP contribution is 2.28. The second-order valence-corrected chi connectivity index (χ2v) is 6.29. The summed E-state index contributed by atoms with van der Waals surface area (Å²) in [5.74, 6) is -7.31. The summed E-state index contributed by atoms with van der Waals surface area (Å²) < 4.78 is 78.8. The van der Waals surface area contributed by atoms with Crippen molar-refractivity contribution in [3.8, 4) is 0 Å². The highest BCUT2D eigenvalue weighted by Gasteiger charge is 2.37. The molecule has 0 radical (unpaired) electrons. The number of rotatable bonds is 2. The number of piperazine rings is 1. The van der Waals surface area contributed by atoms with Crippen molar-refractivity contribution in [3.63, 3.8) is 0 Å². The van der Waals surface area contributed by atoms with Gasteiger partial charge in [0.25, 0.3) is 0 Å². The van der Waals surface area contributed by atoms with Crippen LogP contribution < -0.4 is 5.32 Å². The molecule has 1 aromatic carbocycles. The lowest BCUT2D eigenvalue weighted by molar-refractivity contribution is 0.280. The van der Waals surface area contributed by atoms with Crippen molar-refractivity contribution in [3.05, 3.63) is 29.3 Å². The van der Waals surface area contributed by atoms with Crippen LogP contribution in [0.4, 0.5) is 17.6 Å². The lowest BCUT2D eigenvalue weighted by Gasteiger charge is -2.32. The van der Waals surface area contributed by atoms with E-state index in [1.807, 2.05) is 0 Å². The number of hydrogen-bond acceptors (Lipinski definition) is 3. The molecule has 1 fully saturated rings. The summed E-state index contributed by atoms with van der Waals surface area (Å²) in [5.41, 5.74) is 0. The zero-order valence-electron chi connectivity index (χ0n) is 10.9. The van der Waals surface area contributed by atoms with Crippen molar-refractivity contribution in [2.75, 3.05) is 19.6 Å². The van der Waals surface area contributed by atoms with Crippen molar-refractivity contribution in [1.29, 1.82) is 0 Å². The number of hydrogen-bond donors (Lipinski definition) is 1. The quantitative estimate of drug-likeness (QED) is 0.653.